The van der Waals surface area contributed by atoms with E-state index in [1.165, 1.54) is 0 Å². The van der Waals surface area contributed by atoms with Crippen LogP contribution in [0, 0.1) is 12.8 Å². The first kappa shape index (κ1) is 23.9. The third-order valence-corrected chi connectivity index (χ3v) is 6.95. The number of amides is 1. The van der Waals surface area contributed by atoms with Crippen LogP contribution in [0.4, 0.5) is 11.4 Å². The molecule has 0 unspecified atom stereocenters. The summed E-state index contributed by atoms with van der Waals surface area (Å²) in [6, 6.07) is 11.8. The van der Waals surface area contributed by atoms with E-state index in [4.69, 9.17) is 10.5 Å². The van der Waals surface area contributed by atoms with Crippen molar-refractivity contribution in [2.45, 2.75) is 45.1 Å². The molecule has 1 aliphatic rings. The summed E-state index contributed by atoms with van der Waals surface area (Å²) < 4.78 is 7.25. The summed E-state index contributed by atoms with van der Waals surface area (Å²) in [5, 5.41) is 3.03. The van der Waals surface area contributed by atoms with Crippen LogP contribution in [0.5, 0.6) is 5.75 Å². The number of anilines is 2. The Morgan fingerprint density at radius 3 is 2.71 bits per heavy atom. The fraction of sp³-hybridized carbons (Fsp3) is 0.462. The van der Waals surface area contributed by atoms with Crippen LogP contribution in [0.15, 0.2) is 41.2 Å². The topological polar surface area (TPSA) is 105 Å². The molecule has 0 atom stereocenters. The van der Waals surface area contributed by atoms with Gasteiger partial charge < -0.3 is 25.7 Å². The first-order valence-corrected chi connectivity index (χ1v) is 12.0. The number of hydrogen-bond acceptors (Lipinski definition) is 5. The van der Waals surface area contributed by atoms with Gasteiger partial charge in [0, 0.05) is 37.3 Å². The molecule has 1 heterocycles. The van der Waals surface area contributed by atoms with Crippen molar-refractivity contribution < 1.29 is 9.53 Å². The molecular weight excluding hydrogens is 430 g/mol. The Hall–Kier alpha value is -3.26. The lowest BCUT2D eigenvalue weighted by molar-refractivity contribution is -0.121. The number of rotatable bonds is 8. The number of ether oxygens (including phenoxy) is 1. The number of methoxy groups -OCH3 is 1. The van der Waals surface area contributed by atoms with Crippen molar-refractivity contribution in [1.82, 2.24) is 9.55 Å². The highest BCUT2D eigenvalue weighted by Crippen LogP contribution is 2.35. The van der Waals surface area contributed by atoms with Gasteiger partial charge in [0.25, 0.3) is 0 Å². The van der Waals surface area contributed by atoms with Crippen molar-refractivity contribution in [3.63, 3.8) is 0 Å². The third kappa shape index (κ3) is 4.82. The molecule has 4 rings (SSSR count). The van der Waals surface area contributed by atoms with E-state index in [0.717, 1.165) is 72.4 Å². The molecule has 2 aromatic carbocycles. The second-order valence-corrected chi connectivity index (χ2v) is 9.21. The average molecular weight is 466 g/mol. The normalized spacial score (nSPS) is 18.1. The number of para-hydroxylation sites is 1. The molecule has 182 valence electrons. The van der Waals surface area contributed by atoms with Gasteiger partial charge in [0.05, 0.1) is 23.8 Å². The van der Waals surface area contributed by atoms with Crippen LogP contribution in [-0.2, 0) is 4.79 Å². The lowest BCUT2D eigenvalue weighted by atomic mass is 9.85. The average Bonchev–Trinajstić information content (AvgIpc) is 3.19. The summed E-state index contributed by atoms with van der Waals surface area (Å²) in [5.41, 5.74) is 10.1. The largest absolute Gasteiger partial charge is 0.496 e. The number of fused-ring (bicyclic) bond motifs is 1. The van der Waals surface area contributed by atoms with Crippen LogP contribution in [0.3, 0.4) is 0 Å². The van der Waals surface area contributed by atoms with Crippen LogP contribution < -0.4 is 26.4 Å². The molecule has 4 N–H and O–H groups in total. The Morgan fingerprint density at radius 2 is 2.00 bits per heavy atom. The number of carbonyl (C=O) groups excluding carboxylic acids is 1. The molecule has 0 spiro atoms. The first-order chi connectivity index (χ1) is 16.4. The van der Waals surface area contributed by atoms with Gasteiger partial charge in [-0.25, -0.2) is 4.79 Å². The summed E-state index contributed by atoms with van der Waals surface area (Å²) in [7, 11) is 3.65. The van der Waals surface area contributed by atoms with E-state index in [2.05, 4.69) is 15.2 Å². The van der Waals surface area contributed by atoms with E-state index in [1.54, 1.807) is 7.11 Å². The molecule has 1 aliphatic carbocycles. The van der Waals surface area contributed by atoms with Crippen molar-refractivity contribution in [3.8, 4) is 5.75 Å². The van der Waals surface area contributed by atoms with Crippen molar-refractivity contribution >= 4 is 28.3 Å². The number of hydrogen-bond donors (Lipinski definition) is 3. The quantitative estimate of drug-likeness (QED) is 0.469. The maximum atomic E-state index is 12.9. The smallest absolute Gasteiger partial charge is 0.326 e. The minimum Gasteiger partial charge on any atom is -0.496 e. The van der Waals surface area contributed by atoms with Gasteiger partial charge in [-0.1, -0.05) is 12.1 Å². The molecular formula is C26H35N5O3. The molecule has 1 fully saturated rings. The van der Waals surface area contributed by atoms with Crippen LogP contribution in [0.25, 0.3) is 11.0 Å². The zero-order chi connectivity index (χ0) is 24.2. The zero-order valence-electron chi connectivity index (χ0n) is 20.3. The van der Waals surface area contributed by atoms with Crippen molar-refractivity contribution in [3.05, 3.63) is 52.4 Å². The first-order valence-electron chi connectivity index (χ1n) is 12.0. The maximum absolute atomic E-state index is 12.9. The number of aromatic amines is 1. The molecule has 0 aliphatic heterocycles. The molecule has 3 aromatic rings. The number of aryl methyl sites for hydroxylation is 1. The lowest BCUT2D eigenvalue weighted by Gasteiger charge is -2.28. The molecule has 34 heavy (non-hydrogen) atoms. The van der Waals surface area contributed by atoms with E-state index >= 15 is 0 Å². The highest BCUT2D eigenvalue weighted by molar-refractivity contribution is 5.93. The maximum Gasteiger partial charge on any atom is 0.326 e. The second-order valence-electron chi connectivity index (χ2n) is 9.21. The Morgan fingerprint density at radius 1 is 1.24 bits per heavy atom. The molecule has 1 aromatic heterocycles. The number of nitrogens with two attached hydrogens (primary N) is 1. The van der Waals surface area contributed by atoms with E-state index in [9.17, 15) is 9.59 Å². The molecule has 8 heteroatoms. The van der Waals surface area contributed by atoms with Crippen LogP contribution in [-0.4, -0.2) is 42.7 Å². The number of imidazole rings is 1. The summed E-state index contributed by atoms with van der Waals surface area (Å²) in [6.45, 7) is 3.43. The minimum atomic E-state index is -0.0886. The summed E-state index contributed by atoms with van der Waals surface area (Å²) in [5.74, 6) is 0.718. The molecule has 1 saturated carbocycles. The number of nitrogens with one attached hydrogen (secondary N) is 2. The number of aromatic nitrogens is 2. The Bertz CT molecular complexity index is 1210. The zero-order valence-corrected chi connectivity index (χ0v) is 20.3. The number of benzene rings is 2. The fourth-order valence-electron chi connectivity index (χ4n) is 5.00. The third-order valence-electron chi connectivity index (χ3n) is 6.95. The van der Waals surface area contributed by atoms with Crippen LogP contribution in [0.1, 0.15) is 43.7 Å². The molecule has 0 saturated heterocycles. The Labute approximate surface area is 200 Å². The number of nitrogens with zero attached hydrogens (tertiary/aromatic N) is 2. The molecule has 8 nitrogen and oxygen atoms in total. The fourth-order valence-corrected chi connectivity index (χ4v) is 5.00. The van der Waals surface area contributed by atoms with Gasteiger partial charge in [-0.05, 0) is 69.3 Å². The van der Waals surface area contributed by atoms with Gasteiger partial charge in [0.2, 0.25) is 5.91 Å². The monoisotopic (exact) mass is 465 g/mol. The molecule has 1 amide bonds. The van der Waals surface area contributed by atoms with Crippen molar-refractivity contribution in [2.24, 2.45) is 11.7 Å². The van der Waals surface area contributed by atoms with Crippen molar-refractivity contribution in [2.75, 3.05) is 37.5 Å². The van der Waals surface area contributed by atoms with Gasteiger partial charge >= 0.3 is 5.69 Å². The Balaban J connectivity index is 1.46. The van der Waals surface area contributed by atoms with Gasteiger partial charge in [0.1, 0.15) is 5.75 Å². The van der Waals surface area contributed by atoms with Gasteiger partial charge in [-0.3, -0.25) is 9.36 Å². The molecule has 0 radical (unpaired) electrons. The van der Waals surface area contributed by atoms with Gasteiger partial charge in [-0.15, -0.1) is 0 Å². The summed E-state index contributed by atoms with van der Waals surface area (Å²) >= 11 is 0. The van der Waals surface area contributed by atoms with E-state index in [-0.39, 0.29) is 23.6 Å². The lowest BCUT2D eigenvalue weighted by Crippen LogP contribution is -2.31. The summed E-state index contributed by atoms with van der Waals surface area (Å²) in [6.07, 6.45) is 3.95. The summed E-state index contributed by atoms with van der Waals surface area (Å²) in [4.78, 5) is 31.0. The predicted molar refractivity (Wildman–Crippen MR) is 137 cm³/mol. The highest BCUT2D eigenvalue weighted by atomic mass is 16.5. The predicted octanol–water partition coefficient (Wildman–Crippen LogP) is 3.80. The standard InChI is InChI=1S/C26H35N5O3/c1-17-8-11-19(16-23(17)34-3)28-25(32)18-9-12-20(13-10-18)31-22-7-4-6-21(24(22)29-26(31)33)30(2)15-5-14-27/h4,6-8,11,16,18,20H,5,9-10,12-15,27H2,1-3H3,(H,28,32)(H,29,33). The second kappa shape index (κ2) is 10.3. The molecule has 0 bridgehead atoms. The van der Waals surface area contributed by atoms with Crippen molar-refractivity contribution in [1.29, 1.82) is 0 Å². The van der Waals surface area contributed by atoms with Gasteiger partial charge in [0.15, 0.2) is 0 Å². The minimum absolute atomic E-state index is 0.0273. The van der Waals surface area contributed by atoms with Crippen LogP contribution in [0.2, 0.25) is 0 Å². The Kier molecular flexibility index (Phi) is 7.26. The SMILES string of the molecule is COc1cc(NC(=O)C2CCC(n3c(=O)[nH]c4c(N(C)CCCN)cccc43)CC2)ccc1C. The number of H-pyrrole nitrogens is 1. The number of carbonyl (C=O) groups is 1. The van der Waals surface area contributed by atoms with Gasteiger partial charge in [-0.2, -0.15) is 0 Å². The van der Waals surface area contributed by atoms with Crippen LogP contribution >= 0.6 is 0 Å². The van der Waals surface area contributed by atoms with E-state index in [0.29, 0.717) is 6.54 Å². The van der Waals surface area contributed by atoms with E-state index < -0.39 is 0 Å². The highest BCUT2D eigenvalue weighted by Gasteiger charge is 2.29. The van der Waals surface area contributed by atoms with E-state index in [1.807, 2.05) is 54.9 Å².